The van der Waals surface area contributed by atoms with E-state index in [1.54, 1.807) is 0 Å². The van der Waals surface area contributed by atoms with Crippen LogP contribution in [0.5, 0.6) is 0 Å². The maximum atomic E-state index is 4.35. The Kier molecular flexibility index (Phi) is 3.77. The number of nitrogens with zero attached hydrogens (tertiary/aromatic N) is 2. The van der Waals surface area contributed by atoms with Crippen LogP contribution < -0.4 is 0 Å². The fourth-order valence-corrected chi connectivity index (χ4v) is 2.17. The standard InChI is InChI=1S/C14H17BrN2/c1-9(2)13(15)8-14-12-7-5-4-6-11(12)10(3)16-17-14/h4-7,9,13H,8H2,1-3H3. The first kappa shape index (κ1) is 12.5. The van der Waals surface area contributed by atoms with Crippen molar-refractivity contribution < 1.29 is 0 Å². The summed E-state index contributed by atoms with van der Waals surface area (Å²) in [7, 11) is 0. The third-order valence-electron chi connectivity index (χ3n) is 3.06. The molecule has 2 rings (SSSR count). The summed E-state index contributed by atoms with van der Waals surface area (Å²) < 4.78 is 0. The quantitative estimate of drug-likeness (QED) is 0.802. The van der Waals surface area contributed by atoms with E-state index in [1.807, 2.05) is 6.92 Å². The highest BCUT2D eigenvalue weighted by Crippen LogP contribution is 2.23. The molecular weight excluding hydrogens is 276 g/mol. The molecule has 17 heavy (non-hydrogen) atoms. The Labute approximate surface area is 111 Å². The van der Waals surface area contributed by atoms with Gasteiger partial charge in [0.15, 0.2) is 0 Å². The highest BCUT2D eigenvalue weighted by atomic mass is 79.9. The van der Waals surface area contributed by atoms with Crippen molar-refractivity contribution in [3.05, 3.63) is 35.7 Å². The lowest BCUT2D eigenvalue weighted by Gasteiger charge is -2.14. The minimum absolute atomic E-state index is 0.447. The molecule has 2 aromatic rings. The van der Waals surface area contributed by atoms with Gasteiger partial charge in [-0.15, -0.1) is 0 Å². The molecule has 0 amide bonds. The highest BCUT2D eigenvalue weighted by Gasteiger charge is 2.14. The molecule has 1 unspecified atom stereocenters. The molecule has 3 heteroatoms. The Morgan fingerprint density at radius 2 is 1.76 bits per heavy atom. The molecule has 0 radical (unpaired) electrons. The molecule has 2 nitrogen and oxygen atoms in total. The summed E-state index contributed by atoms with van der Waals surface area (Å²) in [5.41, 5.74) is 2.08. The molecule has 0 saturated heterocycles. The van der Waals surface area contributed by atoms with Crippen LogP contribution in [-0.4, -0.2) is 15.0 Å². The van der Waals surface area contributed by atoms with Gasteiger partial charge in [0, 0.05) is 22.0 Å². The van der Waals surface area contributed by atoms with E-state index in [1.165, 1.54) is 10.8 Å². The topological polar surface area (TPSA) is 25.8 Å². The molecule has 0 saturated carbocycles. The van der Waals surface area contributed by atoms with E-state index >= 15 is 0 Å². The summed E-state index contributed by atoms with van der Waals surface area (Å²) >= 11 is 3.72. The second-order valence-electron chi connectivity index (χ2n) is 4.74. The minimum Gasteiger partial charge on any atom is -0.155 e. The number of benzene rings is 1. The van der Waals surface area contributed by atoms with E-state index in [4.69, 9.17) is 0 Å². The molecule has 0 aliphatic rings. The van der Waals surface area contributed by atoms with Gasteiger partial charge in [0.1, 0.15) is 0 Å². The zero-order chi connectivity index (χ0) is 12.4. The molecule has 1 aromatic carbocycles. The van der Waals surface area contributed by atoms with Crippen molar-refractivity contribution in [1.29, 1.82) is 0 Å². The van der Waals surface area contributed by atoms with E-state index < -0.39 is 0 Å². The lowest BCUT2D eigenvalue weighted by Crippen LogP contribution is -2.12. The number of aryl methyl sites for hydroxylation is 1. The SMILES string of the molecule is Cc1nnc(CC(Br)C(C)C)c2ccccc12. The molecule has 90 valence electrons. The Balaban J connectivity index is 2.45. The van der Waals surface area contributed by atoms with Crippen LogP contribution in [-0.2, 0) is 6.42 Å². The van der Waals surface area contributed by atoms with Gasteiger partial charge in [-0.3, -0.25) is 0 Å². The molecule has 1 atom stereocenters. The number of hydrogen-bond acceptors (Lipinski definition) is 2. The van der Waals surface area contributed by atoms with Crippen molar-refractivity contribution in [2.75, 3.05) is 0 Å². The van der Waals surface area contributed by atoms with Gasteiger partial charge in [-0.2, -0.15) is 10.2 Å². The molecule has 1 aromatic heterocycles. The normalized spacial score (nSPS) is 13.2. The van der Waals surface area contributed by atoms with Crippen LogP contribution >= 0.6 is 15.9 Å². The van der Waals surface area contributed by atoms with Crippen molar-refractivity contribution in [3.63, 3.8) is 0 Å². The number of halogens is 1. The monoisotopic (exact) mass is 292 g/mol. The lowest BCUT2D eigenvalue weighted by molar-refractivity contribution is 0.606. The Morgan fingerprint density at radius 1 is 1.12 bits per heavy atom. The Bertz CT molecular complexity index is 523. The summed E-state index contributed by atoms with van der Waals surface area (Å²) in [6, 6.07) is 8.36. The van der Waals surface area contributed by atoms with Gasteiger partial charge in [-0.25, -0.2) is 0 Å². The largest absolute Gasteiger partial charge is 0.155 e. The third-order valence-corrected chi connectivity index (χ3v) is 4.44. The van der Waals surface area contributed by atoms with Crippen molar-refractivity contribution in [1.82, 2.24) is 10.2 Å². The molecule has 0 N–H and O–H groups in total. The lowest BCUT2D eigenvalue weighted by atomic mass is 10.0. The number of aromatic nitrogens is 2. The number of fused-ring (bicyclic) bond motifs is 1. The van der Waals surface area contributed by atoms with Crippen LogP contribution in [0.2, 0.25) is 0 Å². The molecule has 0 aliphatic carbocycles. The molecule has 0 aliphatic heterocycles. The van der Waals surface area contributed by atoms with E-state index in [0.29, 0.717) is 10.7 Å². The Morgan fingerprint density at radius 3 is 2.41 bits per heavy atom. The van der Waals surface area contributed by atoms with Crippen LogP contribution in [0.25, 0.3) is 10.8 Å². The molecule has 1 heterocycles. The summed E-state index contributed by atoms with van der Waals surface area (Å²) in [5.74, 6) is 0.594. The van der Waals surface area contributed by atoms with Crippen LogP contribution in [0.4, 0.5) is 0 Å². The first-order chi connectivity index (χ1) is 8.09. The molecule has 0 fully saturated rings. The van der Waals surface area contributed by atoms with Crippen LogP contribution in [0.15, 0.2) is 24.3 Å². The summed E-state index contributed by atoms with van der Waals surface area (Å²) in [6.45, 7) is 6.43. The molecule has 0 spiro atoms. The fourth-order valence-electron chi connectivity index (χ4n) is 1.86. The number of alkyl halides is 1. The van der Waals surface area contributed by atoms with Crippen molar-refractivity contribution in [3.8, 4) is 0 Å². The second-order valence-corrected chi connectivity index (χ2v) is 5.92. The van der Waals surface area contributed by atoms with Gasteiger partial charge in [-0.1, -0.05) is 54.0 Å². The van der Waals surface area contributed by atoms with Crippen LogP contribution in [0.3, 0.4) is 0 Å². The summed E-state index contributed by atoms with van der Waals surface area (Å²) in [5, 5.41) is 11.0. The van der Waals surface area contributed by atoms with Gasteiger partial charge in [0.05, 0.1) is 11.4 Å². The first-order valence-electron chi connectivity index (χ1n) is 5.94. The summed E-state index contributed by atoms with van der Waals surface area (Å²) in [4.78, 5) is 0.447. The van der Waals surface area contributed by atoms with Crippen molar-refractivity contribution >= 4 is 26.7 Å². The van der Waals surface area contributed by atoms with E-state index in [9.17, 15) is 0 Å². The van der Waals surface area contributed by atoms with Gasteiger partial charge in [-0.05, 0) is 12.8 Å². The first-order valence-corrected chi connectivity index (χ1v) is 6.86. The van der Waals surface area contributed by atoms with Crippen molar-refractivity contribution in [2.24, 2.45) is 5.92 Å². The highest BCUT2D eigenvalue weighted by molar-refractivity contribution is 9.09. The maximum absolute atomic E-state index is 4.35. The summed E-state index contributed by atoms with van der Waals surface area (Å²) in [6.07, 6.45) is 0.922. The van der Waals surface area contributed by atoms with Gasteiger partial charge >= 0.3 is 0 Å². The number of hydrogen-bond donors (Lipinski definition) is 0. The second kappa shape index (κ2) is 5.13. The van der Waals surface area contributed by atoms with Crippen LogP contribution in [0.1, 0.15) is 25.2 Å². The fraction of sp³-hybridized carbons (Fsp3) is 0.429. The maximum Gasteiger partial charge on any atom is 0.0720 e. The van der Waals surface area contributed by atoms with E-state index in [2.05, 4.69) is 64.2 Å². The molecule has 0 bridgehead atoms. The Hall–Kier alpha value is -0.960. The molecular formula is C14H17BrN2. The minimum atomic E-state index is 0.447. The van der Waals surface area contributed by atoms with Crippen molar-refractivity contribution in [2.45, 2.75) is 32.0 Å². The predicted octanol–water partition coefficient (Wildman–Crippen LogP) is 3.90. The average Bonchev–Trinajstić information content (AvgIpc) is 2.33. The number of rotatable bonds is 3. The average molecular weight is 293 g/mol. The van der Waals surface area contributed by atoms with E-state index in [0.717, 1.165) is 17.8 Å². The van der Waals surface area contributed by atoms with Crippen LogP contribution in [0, 0.1) is 12.8 Å². The zero-order valence-electron chi connectivity index (χ0n) is 10.4. The zero-order valence-corrected chi connectivity index (χ0v) is 12.0. The van der Waals surface area contributed by atoms with Gasteiger partial charge in [0.2, 0.25) is 0 Å². The van der Waals surface area contributed by atoms with Gasteiger partial charge < -0.3 is 0 Å². The van der Waals surface area contributed by atoms with Gasteiger partial charge in [0.25, 0.3) is 0 Å². The third kappa shape index (κ3) is 2.65. The predicted molar refractivity (Wildman–Crippen MR) is 75.5 cm³/mol. The smallest absolute Gasteiger partial charge is 0.0720 e. The van der Waals surface area contributed by atoms with E-state index in [-0.39, 0.29) is 0 Å².